The maximum absolute atomic E-state index is 6.02. The smallest absolute Gasteiger partial charge is 0.131 e. The molecule has 94 valence electrons. The van der Waals surface area contributed by atoms with Crippen molar-refractivity contribution in [1.82, 2.24) is 0 Å². The van der Waals surface area contributed by atoms with Crippen LogP contribution in [0.5, 0.6) is 11.5 Å². The molecule has 18 heavy (non-hydrogen) atoms. The van der Waals surface area contributed by atoms with Gasteiger partial charge in [-0.1, -0.05) is 51.1 Å². The van der Waals surface area contributed by atoms with Crippen LogP contribution >= 0.6 is 0 Å². The highest BCUT2D eigenvalue weighted by Crippen LogP contribution is 2.36. The van der Waals surface area contributed by atoms with Gasteiger partial charge < -0.3 is 4.74 Å². The first-order valence-electron chi connectivity index (χ1n) is 6.31. The standard InChI is InChI=1S/C17H20O/c1-13-9-8-12-15(16(13)17(2,3)4)18-14-10-6-5-7-11-14/h5-12H,1-4H3. The van der Waals surface area contributed by atoms with Crippen molar-refractivity contribution in [2.24, 2.45) is 0 Å². The summed E-state index contributed by atoms with van der Waals surface area (Å²) in [5.74, 6) is 1.84. The van der Waals surface area contributed by atoms with Gasteiger partial charge in [0.1, 0.15) is 11.5 Å². The van der Waals surface area contributed by atoms with Crippen molar-refractivity contribution in [3.63, 3.8) is 0 Å². The molecule has 0 N–H and O–H groups in total. The second-order valence-electron chi connectivity index (χ2n) is 5.61. The van der Waals surface area contributed by atoms with Crippen LogP contribution in [0.1, 0.15) is 31.9 Å². The van der Waals surface area contributed by atoms with Gasteiger partial charge in [-0.05, 0) is 36.1 Å². The molecule has 0 aliphatic carbocycles. The Morgan fingerprint density at radius 1 is 0.833 bits per heavy atom. The molecule has 0 aliphatic heterocycles. The SMILES string of the molecule is Cc1cccc(Oc2ccccc2)c1C(C)(C)C. The van der Waals surface area contributed by atoms with E-state index >= 15 is 0 Å². The molecule has 1 heteroatoms. The number of hydrogen-bond donors (Lipinski definition) is 0. The molecule has 0 unspecified atom stereocenters. The Hall–Kier alpha value is -1.76. The first-order chi connectivity index (χ1) is 8.48. The normalized spacial score (nSPS) is 11.3. The van der Waals surface area contributed by atoms with E-state index in [1.807, 2.05) is 42.5 Å². The van der Waals surface area contributed by atoms with E-state index in [-0.39, 0.29) is 5.41 Å². The van der Waals surface area contributed by atoms with E-state index in [0.717, 1.165) is 11.5 Å². The van der Waals surface area contributed by atoms with Crippen molar-refractivity contribution in [1.29, 1.82) is 0 Å². The summed E-state index contributed by atoms with van der Waals surface area (Å²) in [6, 6.07) is 16.2. The molecule has 0 bridgehead atoms. The Morgan fingerprint density at radius 2 is 1.50 bits per heavy atom. The van der Waals surface area contributed by atoms with E-state index in [1.54, 1.807) is 0 Å². The van der Waals surface area contributed by atoms with Gasteiger partial charge in [0, 0.05) is 5.56 Å². The van der Waals surface area contributed by atoms with Crippen molar-refractivity contribution < 1.29 is 4.74 Å². The van der Waals surface area contributed by atoms with Crippen molar-refractivity contribution in [2.75, 3.05) is 0 Å². The molecule has 2 aromatic rings. The highest BCUT2D eigenvalue weighted by Gasteiger charge is 2.21. The Labute approximate surface area is 109 Å². The van der Waals surface area contributed by atoms with Crippen LogP contribution in [0.4, 0.5) is 0 Å². The van der Waals surface area contributed by atoms with E-state index in [0.29, 0.717) is 0 Å². The van der Waals surface area contributed by atoms with Crippen LogP contribution in [-0.4, -0.2) is 0 Å². The maximum atomic E-state index is 6.02. The third-order valence-corrected chi connectivity index (χ3v) is 2.96. The van der Waals surface area contributed by atoms with E-state index in [2.05, 4.69) is 33.8 Å². The minimum absolute atomic E-state index is 0.0788. The van der Waals surface area contributed by atoms with Gasteiger partial charge in [-0.25, -0.2) is 0 Å². The molecule has 0 fully saturated rings. The summed E-state index contributed by atoms with van der Waals surface area (Å²) in [5, 5.41) is 0. The van der Waals surface area contributed by atoms with Gasteiger partial charge in [-0.3, -0.25) is 0 Å². The highest BCUT2D eigenvalue weighted by molar-refractivity contribution is 5.46. The molecule has 0 radical (unpaired) electrons. The van der Waals surface area contributed by atoms with E-state index in [9.17, 15) is 0 Å². The minimum atomic E-state index is 0.0788. The fourth-order valence-corrected chi connectivity index (χ4v) is 2.30. The first-order valence-corrected chi connectivity index (χ1v) is 6.31. The third-order valence-electron chi connectivity index (χ3n) is 2.96. The quantitative estimate of drug-likeness (QED) is 0.711. The van der Waals surface area contributed by atoms with Crippen LogP contribution in [0.25, 0.3) is 0 Å². The average Bonchev–Trinajstić information content (AvgIpc) is 2.28. The molecule has 0 aromatic heterocycles. The Morgan fingerprint density at radius 3 is 2.11 bits per heavy atom. The molecule has 0 aliphatic rings. The second-order valence-corrected chi connectivity index (χ2v) is 5.61. The monoisotopic (exact) mass is 240 g/mol. The average molecular weight is 240 g/mol. The second kappa shape index (κ2) is 4.85. The number of aryl methyl sites for hydroxylation is 1. The zero-order valence-corrected chi connectivity index (χ0v) is 11.5. The molecule has 0 saturated heterocycles. The lowest BCUT2D eigenvalue weighted by molar-refractivity contribution is 0.454. The Kier molecular flexibility index (Phi) is 3.42. The number of ether oxygens (including phenoxy) is 1. The largest absolute Gasteiger partial charge is 0.457 e. The van der Waals surface area contributed by atoms with Crippen LogP contribution in [0.2, 0.25) is 0 Å². The van der Waals surface area contributed by atoms with Crippen molar-refractivity contribution in [3.05, 3.63) is 59.7 Å². The summed E-state index contributed by atoms with van der Waals surface area (Å²) < 4.78 is 6.02. The van der Waals surface area contributed by atoms with Crippen LogP contribution in [0.3, 0.4) is 0 Å². The summed E-state index contributed by atoms with van der Waals surface area (Å²) in [6.45, 7) is 8.78. The van der Waals surface area contributed by atoms with Crippen LogP contribution in [0, 0.1) is 6.92 Å². The predicted octanol–water partition coefficient (Wildman–Crippen LogP) is 5.08. The van der Waals surface area contributed by atoms with Crippen molar-refractivity contribution in [3.8, 4) is 11.5 Å². The Balaban J connectivity index is 2.43. The molecule has 0 atom stereocenters. The zero-order chi connectivity index (χ0) is 13.2. The van der Waals surface area contributed by atoms with Gasteiger partial charge in [-0.2, -0.15) is 0 Å². The van der Waals surface area contributed by atoms with Crippen LogP contribution < -0.4 is 4.74 Å². The summed E-state index contributed by atoms with van der Waals surface area (Å²) in [7, 11) is 0. The Bertz CT molecular complexity index is 521. The predicted molar refractivity (Wildman–Crippen MR) is 76.4 cm³/mol. The van der Waals surface area contributed by atoms with E-state index in [4.69, 9.17) is 4.74 Å². The summed E-state index contributed by atoms with van der Waals surface area (Å²) >= 11 is 0. The van der Waals surface area contributed by atoms with Gasteiger partial charge >= 0.3 is 0 Å². The molecule has 2 aromatic carbocycles. The van der Waals surface area contributed by atoms with Gasteiger partial charge in [0.15, 0.2) is 0 Å². The summed E-state index contributed by atoms with van der Waals surface area (Å²) in [4.78, 5) is 0. The first kappa shape index (κ1) is 12.7. The highest BCUT2D eigenvalue weighted by atomic mass is 16.5. The number of para-hydroxylation sites is 1. The van der Waals surface area contributed by atoms with Crippen LogP contribution in [0.15, 0.2) is 48.5 Å². The van der Waals surface area contributed by atoms with E-state index in [1.165, 1.54) is 11.1 Å². The minimum Gasteiger partial charge on any atom is -0.457 e. The molecule has 2 rings (SSSR count). The molecule has 0 spiro atoms. The molecule has 0 amide bonds. The lowest BCUT2D eigenvalue weighted by Gasteiger charge is -2.25. The molecular weight excluding hydrogens is 220 g/mol. The summed E-state index contributed by atoms with van der Waals surface area (Å²) in [6.07, 6.45) is 0. The van der Waals surface area contributed by atoms with Gasteiger partial charge in [0.25, 0.3) is 0 Å². The lowest BCUT2D eigenvalue weighted by Crippen LogP contribution is -2.14. The fraction of sp³-hybridized carbons (Fsp3) is 0.294. The fourth-order valence-electron chi connectivity index (χ4n) is 2.30. The van der Waals surface area contributed by atoms with Gasteiger partial charge in [-0.15, -0.1) is 0 Å². The molecule has 0 saturated carbocycles. The zero-order valence-electron chi connectivity index (χ0n) is 11.5. The number of rotatable bonds is 2. The maximum Gasteiger partial charge on any atom is 0.131 e. The molecule has 0 heterocycles. The van der Waals surface area contributed by atoms with Gasteiger partial charge in [0.2, 0.25) is 0 Å². The van der Waals surface area contributed by atoms with Gasteiger partial charge in [0.05, 0.1) is 0 Å². The summed E-state index contributed by atoms with van der Waals surface area (Å²) in [5.41, 5.74) is 2.62. The third kappa shape index (κ3) is 2.73. The topological polar surface area (TPSA) is 9.23 Å². The van der Waals surface area contributed by atoms with E-state index < -0.39 is 0 Å². The van der Waals surface area contributed by atoms with Crippen molar-refractivity contribution in [2.45, 2.75) is 33.1 Å². The number of benzene rings is 2. The molecule has 1 nitrogen and oxygen atoms in total. The lowest BCUT2D eigenvalue weighted by atomic mass is 9.83. The molecular formula is C17H20O. The van der Waals surface area contributed by atoms with Crippen LogP contribution in [-0.2, 0) is 5.41 Å². The number of hydrogen-bond acceptors (Lipinski definition) is 1. The van der Waals surface area contributed by atoms with Crippen molar-refractivity contribution >= 4 is 0 Å².